The molecule has 0 aliphatic carbocycles. The number of nitrogens with zero attached hydrogens (tertiary/aromatic N) is 2. The molecule has 0 atom stereocenters. The Kier molecular flexibility index (Phi) is 7.49. The summed E-state index contributed by atoms with van der Waals surface area (Å²) in [5, 5.41) is 4.84. The molecule has 0 radical (unpaired) electrons. The molecule has 7 nitrogen and oxygen atoms in total. The summed E-state index contributed by atoms with van der Waals surface area (Å²) in [4.78, 5) is 29.8. The highest BCUT2D eigenvalue weighted by Crippen LogP contribution is 2.16. The molecule has 2 rings (SSSR count). The molecule has 0 saturated carbocycles. The van der Waals surface area contributed by atoms with E-state index < -0.39 is 11.8 Å². The van der Waals surface area contributed by atoms with Crippen LogP contribution in [0.2, 0.25) is 0 Å². The average Bonchev–Trinajstić information content (AvgIpc) is 3.09. The second kappa shape index (κ2) is 9.83. The van der Waals surface area contributed by atoms with Crippen LogP contribution in [0, 0.1) is 5.82 Å². The second-order valence-corrected chi connectivity index (χ2v) is 6.27. The van der Waals surface area contributed by atoms with Gasteiger partial charge < -0.3 is 19.7 Å². The molecule has 0 spiro atoms. The minimum absolute atomic E-state index is 0.204. The topological polar surface area (TPSA) is 80.8 Å². The van der Waals surface area contributed by atoms with Gasteiger partial charge >= 0.3 is 12.0 Å². The molecule has 0 aliphatic heterocycles. The third-order valence-electron chi connectivity index (χ3n) is 3.41. The minimum Gasteiger partial charge on any atom is -0.464 e. The van der Waals surface area contributed by atoms with Crippen LogP contribution < -0.4 is 5.32 Å². The van der Waals surface area contributed by atoms with Crippen LogP contribution in [0.4, 0.5) is 14.9 Å². The molecule has 1 aromatic carbocycles. The zero-order chi connectivity index (χ0) is 18.9. The maximum atomic E-state index is 13.3. The number of hydrogen-bond donors (Lipinski definition) is 1. The Morgan fingerprint density at radius 3 is 2.85 bits per heavy atom. The van der Waals surface area contributed by atoms with Gasteiger partial charge in [0.05, 0.1) is 13.7 Å². The highest BCUT2D eigenvalue weighted by atomic mass is 32.1. The van der Waals surface area contributed by atoms with Crippen molar-refractivity contribution < 1.29 is 23.5 Å². The van der Waals surface area contributed by atoms with Crippen LogP contribution in [0.1, 0.15) is 21.9 Å². The number of carbonyl (C=O) groups is 2. The van der Waals surface area contributed by atoms with Gasteiger partial charge in [0.1, 0.15) is 10.8 Å². The minimum atomic E-state index is -0.525. The van der Waals surface area contributed by atoms with Crippen molar-refractivity contribution in [1.82, 2.24) is 9.88 Å². The van der Waals surface area contributed by atoms with Crippen LogP contribution in [0.15, 0.2) is 29.6 Å². The molecule has 1 aromatic heterocycles. The molecule has 140 valence electrons. The summed E-state index contributed by atoms with van der Waals surface area (Å²) in [6, 6.07) is 5.28. The molecular formula is C17H20FN3O4S. The first kappa shape index (κ1) is 19.8. The molecule has 2 aromatic rings. The van der Waals surface area contributed by atoms with Crippen LogP contribution in [-0.4, -0.2) is 49.3 Å². The number of esters is 1. The number of ether oxygens (including phenoxy) is 2. The summed E-state index contributed by atoms with van der Waals surface area (Å²) in [6.45, 7) is 1.13. The predicted molar refractivity (Wildman–Crippen MR) is 95.8 cm³/mol. The van der Waals surface area contributed by atoms with Gasteiger partial charge in [-0.05, 0) is 24.6 Å². The molecule has 0 fully saturated rings. The van der Waals surface area contributed by atoms with Gasteiger partial charge in [0.2, 0.25) is 0 Å². The maximum absolute atomic E-state index is 13.3. The molecule has 1 heterocycles. The normalized spacial score (nSPS) is 10.4. The number of anilines is 1. The summed E-state index contributed by atoms with van der Waals surface area (Å²) in [5.41, 5.74) is 0.566. The van der Waals surface area contributed by atoms with E-state index >= 15 is 0 Å². The highest BCUT2D eigenvalue weighted by Gasteiger charge is 2.18. The Morgan fingerprint density at radius 1 is 1.35 bits per heavy atom. The first-order valence-electron chi connectivity index (χ1n) is 7.86. The van der Waals surface area contributed by atoms with Crippen molar-refractivity contribution >= 4 is 29.0 Å². The van der Waals surface area contributed by atoms with Crippen LogP contribution in [0.3, 0.4) is 0 Å². The van der Waals surface area contributed by atoms with E-state index in [2.05, 4.69) is 15.0 Å². The Hall–Kier alpha value is -2.52. The van der Waals surface area contributed by atoms with E-state index in [9.17, 15) is 14.0 Å². The van der Waals surface area contributed by atoms with Crippen molar-refractivity contribution in [2.24, 2.45) is 0 Å². The van der Waals surface area contributed by atoms with E-state index in [0.717, 1.165) is 0 Å². The largest absolute Gasteiger partial charge is 0.464 e. The quantitative estimate of drug-likeness (QED) is 0.561. The zero-order valence-electron chi connectivity index (χ0n) is 14.5. The number of hydrogen-bond acceptors (Lipinski definition) is 6. The number of urea groups is 1. The molecule has 2 amide bonds. The predicted octanol–water partition coefficient (Wildman–Crippen LogP) is 3.14. The molecule has 0 saturated heterocycles. The van der Waals surface area contributed by atoms with E-state index in [4.69, 9.17) is 4.74 Å². The molecule has 0 unspecified atom stereocenters. The number of carbonyl (C=O) groups excluding carboxylic acids is 2. The molecule has 26 heavy (non-hydrogen) atoms. The van der Waals surface area contributed by atoms with Crippen molar-refractivity contribution in [2.45, 2.75) is 13.0 Å². The summed E-state index contributed by atoms with van der Waals surface area (Å²) in [5.74, 6) is -0.959. The van der Waals surface area contributed by atoms with Gasteiger partial charge in [-0.2, -0.15) is 0 Å². The van der Waals surface area contributed by atoms with Gasteiger partial charge in [-0.1, -0.05) is 6.07 Å². The lowest BCUT2D eigenvalue weighted by molar-refractivity contribution is 0.0594. The van der Waals surface area contributed by atoms with Crippen molar-refractivity contribution in [3.63, 3.8) is 0 Å². The smallest absolute Gasteiger partial charge is 0.357 e. The van der Waals surface area contributed by atoms with Crippen LogP contribution >= 0.6 is 11.3 Å². The molecular weight excluding hydrogens is 361 g/mol. The van der Waals surface area contributed by atoms with Crippen LogP contribution in [0.25, 0.3) is 0 Å². The van der Waals surface area contributed by atoms with E-state index in [1.165, 1.54) is 41.5 Å². The Morgan fingerprint density at radius 2 is 2.15 bits per heavy atom. The van der Waals surface area contributed by atoms with Crippen LogP contribution in [0.5, 0.6) is 0 Å². The Labute approximate surface area is 154 Å². The van der Waals surface area contributed by atoms with Gasteiger partial charge in [-0.15, -0.1) is 11.3 Å². The van der Waals surface area contributed by atoms with Crippen molar-refractivity contribution in [1.29, 1.82) is 0 Å². The number of amides is 2. The zero-order valence-corrected chi connectivity index (χ0v) is 15.3. The lowest BCUT2D eigenvalue weighted by Gasteiger charge is -2.22. The number of methoxy groups -OCH3 is 2. The van der Waals surface area contributed by atoms with E-state index in [1.54, 1.807) is 18.6 Å². The fourth-order valence-corrected chi connectivity index (χ4v) is 2.94. The Bertz CT molecular complexity index is 753. The number of benzene rings is 1. The number of rotatable bonds is 8. The SMILES string of the molecule is COCCCN(Cc1nc(C(=O)OC)cs1)C(=O)Nc1cccc(F)c1. The molecule has 0 bridgehead atoms. The number of halogens is 1. The van der Waals surface area contributed by atoms with E-state index in [0.29, 0.717) is 30.3 Å². The van der Waals surface area contributed by atoms with Gasteiger partial charge in [-0.3, -0.25) is 0 Å². The fourth-order valence-electron chi connectivity index (χ4n) is 2.17. The highest BCUT2D eigenvalue weighted by molar-refractivity contribution is 7.09. The lowest BCUT2D eigenvalue weighted by Crippen LogP contribution is -2.35. The lowest BCUT2D eigenvalue weighted by atomic mass is 10.3. The number of aromatic nitrogens is 1. The standard InChI is InChI=1S/C17H20FN3O4S/c1-24-8-4-7-21(10-15-20-14(11-26-15)16(22)25-2)17(23)19-13-6-3-5-12(18)9-13/h3,5-6,9,11H,4,7-8,10H2,1-2H3,(H,19,23). The Balaban J connectivity index is 2.07. The maximum Gasteiger partial charge on any atom is 0.357 e. The summed E-state index contributed by atoms with van der Waals surface area (Å²) < 4.78 is 22.9. The van der Waals surface area contributed by atoms with Crippen molar-refractivity contribution in [3.05, 3.63) is 46.2 Å². The van der Waals surface area contributed by atoms with Crippen molar-refractivity contribution in [2.75, 3.05) is 32.7 Å². The summed E-state index contributed by atoms with van der Waals surface area (Å²) in [7, 11) is 2.87. The first-order chi connectivity index (χ1) is 12.5. The number of nitrogens with one attached hydrogen (secondary N) is 1. The van der Waals surface area contributed by atoms with Crippen LogP contribution in [-0.2, 0) is 16.0 Å². The van der Waals surface area contributed by atoms with Gasteiger partial charge in [-0.25, -0.2) is 19.0 Å². The average molecular weight is 381 g/mol. The van der Waals surface area contributed by atoms with E-state index in [1.807, 2.05) is 0 Å². The second-order valence-electron chi connectivity index (χ2n) is 5.33. The van der Waals surface area contributed by atoms with Crippen molar-refractivity contribution in [3.8, 4) is 0 Å². The van der Waals surface area contributed by atoms with Gasteiger partial charge in [0.25, 0.3) is 0 Å². The van der Waals surface area contributed by atoms with Gasteiger partial charge in [0.15, 0.2) is 5.69 Å². The fraction of sp³-hybridized carbons (Fsp3) is 0.353. The van der Waals surface area contributed by atoms with E-state index in [-0.39, 0.29) is 18.3 Å². The number of thiazole rings is 1. The third kappa shape index (κ3) is 5.78. The first-order valence-corrected chi connectivity index (χ1v) is 8.74. The summed E-state index contributed by atoms with van der Waals surface area (Å²) in [6.07, 6.45) is 0.627. The monoisotopic (exact) mass is 381 g/mol. The molecule has 1 N–H and O–H groups in total. The van der Waals surface area contributed by atoms with Gasteiger partial charge in [0, 0.05) is 31.3 Å². The molecule has 0 aliphatic rings. The molecule has 9 heteroatoms. The third-order valence-corrected chi connectivity index (χ3v) is 4.25. The summed E-state index contributed by atoms with van der Waals surface area (Å²) >= 11 is 1.26.